The molecule has 1 amide bonds. The van der Waals surface area contributed by atoms with Crippen LogP contribution in [-0.2, 0) is 17.8 Å². The number of hydrogen-bond donors (Lipinski definition) is 1. The summed E-state index contributed by atoms with van der Waals surface area (Å²) in [6, 6.07) is 25.0. The van der Waals surface area contributed by atoms with Crippen molar-refractivity contribution in [2.24, 2.45) is 0 Å². The number of nitrogens with one attached hydrogen (secondary N) is 1. The summed E-state index contributed by atoms with van der Waals surface area (Å²) in [5.41, 5.74) is 2.04. The summed E-state index contributed by atoms with van der Waals surface area (Å²) in [5, 5.41) is 2.92. The number of fused-ring (bicyclic) bond motifs is 1. The van der Waals surface area contributed by atoms with Gasteiger partial charge in [-0.05, 0) is 55.0 Å². The maximum Gasteiger partial charge on any atom is 0.257 e. The van der Waals surface area contributed by atoms with Gasteiger partial charge in [0.15, 0.2) is 6.61 Å². The SMILES string of the molecule is COc1ccc(OCCCn2c(CCNC(=O)COc3ccccc3)nc3ccccc32)cc1. The molecule has 0 fully saturated rings. The fourth-order valence-corrected chi connectivity index (χ4v) is 3.68. The zero-order valence-corrected chi connectivity index (χ0v) is 19.3. The fraction of sp³-hybridized carbons (Fsp3) is 0.259. The lowest BCUT2D eigenvalue weighted by Gasteiger charge is -2.11. The Labute approximate surface area is 199 Å². The predicted octanol–water partition coefficient (Wildman–Crippen LogP) is 4.25. The Morgan fingerprint density at radius 2 is 1.59 bits per heavy atom. The number of aryl methyl sites for hydroxylation is 1. The van der Waals surface area contributed by atoms with E-state index >= 15 is 0 Å². The van der Waals surface area contributed by atoms with Crippen molar-refractivity contribution < 1.29 is 19.0 Å². The summed E-state index contributed by atoms with van der Waals surface area (Å²) in [7, 11) is 1.65. The van der Waals surface area contributed by atoms with E-state index in [4.69, 9.17) is 19.2 Å². The first-order chi connectivity index (χ1) is 16.7. The highest BCUT2D eigenvalue weighted by atomic mass is 16.5. The molecule has 1 heterocycles. The van der Waals surface area contributed by atoms with E-state index < -0.39 is 0 Å². The number of ether oxygens (including phenoxy) is 3. The molecule has 0 atom stereocenters. The molecule has 176 valence electrons. The van der Waals surface area contributed by atoms with Gasteiger partial charge in [0.1, 0.15) is 23.1 Å². The largest absolute Gasteiger partial charge is 0.497 e. The summed E-state index contributed by atoms with van der Waals surface area (Å²) < 4.78 is 18.8. The third-order valence-corrected chi connectivity index (χ3v) is 5.37. The van der Waals surface area contributed by atoms with Crippen molar-refractivity contribution in [3.8, 4) is 17.2 Å². The van der Waals surface area contributed by atoms with Gasteiger partial charge in [0.2, 0.25) is 0 Å². The van der Waals surface area contributed by atoms with Gasteiger partial charge in [0.25, 0.3) is 5.91 Å². The van der Waals surface area contributed by atoms with Crippen molar-refractivity contribution in [1.82, 2.24) is 14.9 Å². The van der Waals surface area contributed by atoms with Crippen molar-refractivity contribution >= 4 is 16.9 Å². The smallest absolute Gasteiger partial charge is 0.257 e. The molecule has 0 spiro atoms. The highest BCUT2D eigenvalue weighted by molar-refractivity contribution is 5.77. The number of carbonyl (C=O) groups is 1. The van der Waals surface area contributed by atoms with Crippen LogP contribution < -0.4 is 19.5 Å². The van der Waals surface area contributed by atoms with E-state index in [-0.39, 0.29) is 12.5 Å². The molecule has 7 heteroatoms. The Bertz CT molecular complexity index is 1190. The number of benzene rings is 3. The molecule has 0 radical (unpaired) electrons. The van der Waals surface area contributed by atoms with Crippen LogP contribution >= 0.6 is 0 Å². The third kappa shape index (κ3) is 6.28. The van der Waals surface area contributed by atoms with E-state index in [1.54, 1.807) is 7.11 Å². The van der Waals surface area contributed by atoms with E-state index in [1.165, 1.54) is 0 Å². The van der Waals surface area contributed by atoms with Gasteiger partial charge in [-0.2, -0.15) is 0 Å². The second-order valence-corrected chi connectivity index (χ2v) is 7.75. The number of nitrogens with zero attached hydrogens (tertiary/aromatic N) is 2. The number of aromatic nitrogens is 2. The molecule has 0 unspecified atom stereocenters. The molecule has 1 aromatic heterocycles. The van der Waals surface area contributed by atoms with Crippen LogP contribution in [0.3, 0.4) is 0 Å². The second-order valence-electron chi connectivity index (χ2n) is 7.75. The molecule has 0 aliphatic rings. The second kappa shape index (κ2) is 11.7. The number of carbonyl (C=O) groups excluding carboxylic acids is 1. The van der Waals surface area contributed by atoms with E-state index in [2.05, 4.69) is 16.0 Å². The van der Waals surface area contributed by atoms with Crippen molar-refractivity contribution in [1.29, 1.82) is 0 Å². The molecule has 0 saturated heterocycles. The highest BCUT2D eigenvalue weighted by Crippen LogP contribution is 2.19. The Hall–Kier alpha value is -4.00. The van der Waals surface area contributed by atoms with Crippen molar-refractivity contribution in [2.45, 2.75) is 19.4 Å². The minimum Gasteiger partial charge on any atom is -0.497 e. The first-order valence-electron chi connectivity index (χ1n) is 11.4. The zero-order chi connectivity index (χ0) is 23.6. The van der Waals surface area contributed by atoms with Crippen LogP contribution in [0.1, 0.15) is 12.2 Å². The Morgan fingerprint density at radius 1 is 0.882 bits per heavy atom. The van der Waals surface area contributed by atoms with Crippen LogP contribution in [0.5, 0.6) is 17.2 Å². The zero-order valence-electron chi connectivity index (χ0n) is 19.3. The molecule has 34 heavy (non-hydrogen) atoms. The molecule has 4 aromatic rings. The molecule has 1 N–H and O–H groups in total. The Balaban J connectivity index is 1.29. The normalized spacial score (nSPS) is 10.7. The third-order valence-electron chi connectivity index (χ3n) is 5.37. The molecular formula is C27H29N3O4. The first-order valence-corrected chi connectivity index (χ1v) is 11.4. The standard InChI is InChI=1S/C27H29N3O4/c1-32-21-12-14-23(15-13-21)33-19-7-18-30-25-11-6-5-10-24(25)29-26(30)16-17-28-27(31)20-34-22-8-3-2-4-9-22/h2-6,8-15H,7,16-20H2,1H3,(H,28,31). The van der Waals surface area contributed by atoms with Gasteiger partial charge in [0.05, 0.1) is 24.8 Å². The number of methoxy groups -OCH3 is 1. The lowest BCUT2D eigenvalue weighted by molar-refractivity contribution is -0.123. The van der Waals surface area contributed by atoms with Crippen LogP contribution in [0, 0.1) is 0 Å². The summed E-state index contributed by atoms with van der Waals surface area (Å²) in [6.45, 7) is 1.84. The quantitative estimate of drug-likeness (QED) is 0.321. The minimum atomic E-state index is -0.153. The maximum atomic E-state index is 12.2. The van der Waals surface area contributed by atoms with E-state index in [0.29, 0.717) is 25.3 Å². The fourth-order valence-electron chi connectivity index (χ4n) is 3.68. The molecule has 3 aromatic carbocycles. The number of para-hydroxylation sites is 3. The van der Waals surface area contributed by atoms with Crippen molar-refractivity contribution in [2.75, 3.05) is 26.9 Å². The summed E-state index contributed by atoms with van der Waals surface area (Å²) >= 11 is 0. The molecule has 0 aliphatic heterocycles. The number of hydrogen-bond acceptors (Lipinski definition) is 5. The summed E-state index contributed by atoms with van der Waals surface area (Å²) in [5.74, 6) is 3.09. The van der Waals surface area contributed by atoms with Gasteiger partial charge in [-0.1, -0.05) is 30.3 Å². The molecule has 4 rings (SSSR count). The van der Waals surface area contributed by atoms with E-state index in [0.717, 1.165) is 41.3 Å². The summed E-state index contributed by atoms with van der Waals surface area (Å²) in [4.78, 5) is 16.9. The lowest BCUT2D eigenvalue weighted by Crippen LogP contribution is -2.31. The Kier molecular flexibility index (Phi) is 8.00. The topological polar surface area (TPSA) is 74.6 Å². The molecule has 0 aliphatic carbocycles. The van der Waals surface area contributed by atoms with Gasteiger partial charge in [0, 0.05) is 19.5 Å². The van der Waals surface area contributed by atoms with Gasteiger partial charge < -0.3 is 24.1 Å². The van der Waals surface area contributed by atoms with Crippen LogP contribution in [-0.4, -0.2) is 42.3 Å². The van der Waals surface area contributed by atoms with Crippen LogP contribution in [0.25, 0.3) is 11.0 Å². The van der Waals surface area contributed by atoms with Gasteiger partial charge in [-0.25, -0.2) is 4.98 Å². The molecule has 0 saturated carbocycles. The average Bonchev–Trinajstić information content (AvgIpc) is 3.23. The number of imidazole rings is 1. The molecule has 7 nitrogen and oxygen atoms in total. The van der Waals surface area contributed by atoms with Gasteiger partial charge in [-0.3, -0.25) is 4.79 Å². The Morgan fingerprint density at radius 3 is 2.38 bits per heavy atom. The number of rotatable bonds is 12. The van der Waals surface area contributed by atoms with Crippen LogP contribution in [0.4, 0.5) is 0 Å². The van der Waals surface area contributed by atoms with E-state index in [9.17, 15) is 4.79 Å². The van der Waals surface area contributed by atoms with Crippen LogP contribution in [0.15, 0.2) is 78.9 Å². The summed E-state index contributed by atoms with van der Waals surface area (Å²) in [6.07, 6.45) is 1.46. The van der Waals surface area contributed by atoms with Crippen molar-refractivity contribution in [3.63, 3.8) is 0 Å². The first kappa shape index (κ1) is 23.2. The van der Waals surface area contributed by atoms with Crippen molar-refractivity contribution in [3.05, 3.63) is 84.7 Å². The maximum absolute atomic E-state index is 12.2. The van der Waals surface area contributed by atoms with Crippen LogP contribution in [0.2, 0.25) is 0 Å². The molecule has 0 bridgehead atoms. The lowest BCUT2D eigenvalue weighted by atomic mass is 10.3. The average molecular weight is 460 g/mol. The van der Waals surface area contributed by atoms with E-state index in [1.807, 2.05) is 72.8 Å². The predicted molar refractivity (Wildman–Crippen MR) is 131 cm³/mol. The monoisotopic (exact) mass is 459 g/mol. The van der Waals surface area contributed by atoms with Gasteiger partial charge >= 0.3 is 0 Å². The molecular weight excluding hydrogens is 430 g/mol. The minimum absolute atomic E-state index is 0.0108. The highest BCUT2D eigenvalue weighted by Gasteiger charge is 2.11. The number of amides is 1. The van der Waals surface area contributed by atoms with Gasteiger partial charge in [-0.15, -0.1) is 0 Å².